The van der Waals surface area contributed by atoms with E-state index in [-0.39, 0.29) is 12.5 Å². The van der Waals surface area contributed by atoms with Crippen LogP contribution in [0.5, 0.6) is 11.5 Å². The third-order valence-electron chi connectivity index (χ3n) is 2.50. The fourth-order valence-electron chi connectivity index (χ4n) is 1.54. The monoisotopic (exact) mass is 285 g/mol. The molecule has 0 bridgehead atoms. The first kappa shape index (κ1) is 14.5. The summed E-state index contributed by atoms with van der Waals surface area (Å²) < 4.78 is 10.5. The van der Waals surface area contributed by atoms with Crippen LogP contribution in [0.2, 0.25) is 0 Å². The number of hydrazone groups is 1. The molecule has 1 N–H and O–H groups in total. The molecule has 0 saturated carbocycles. The molecule has 1 aromatic heterocycles. The number of carbonyl (C=O) groups is 1. The molecule has 0 radical (unpaired) electrons. The quantitative estimate of drug-likeness (QED) is 0.646. The first-order valence-corrected chi connectivity index (χ1v) is 6.28. The number of nitrogens with zero attached hydrogens (tertiary/aromatic N) is 2. The number of benzene rings is 1. The third kappa shape index (κ3) is 4.61. The molecule has 0 aliphatic rings. The summed E-state index contributed by atoms with van der Waals surface area (Å²) >= 11 is 0. The zero-order valence-electron chi connectivity index (χ0n) is 11.5. The van der Waals surface area contributed by atoms with Crippen LogP contribution in [0.4, 0.5) is 0 Å². The second-order valence-corrected chi connectivity index (χ2v) is 3.99. The zero-order chi connectivity index (χ0) is 14.9. The number of ether oxygens (including phenoxy) is 2. The Morgan fingerprint density at radius 3 is 2.71 bits per heavy atom. The highest BCUT2D eigenvalue weighted by Gasteiger charge is 2.05. The highest BCUT2D eigenvalue weighted by Crippen LogP contribution is 2.25. The molecule has 2 aromatic rings. The van der Waals surface area contributed by atoms with Crippen LogP contribution in [-0.2, 0) is 4.79 Å². The maximum Gasteiger partial charge on any atom is 0.277 e. The maximum absolute atomic E-state index is 11.6. The van der Waals surface area contributed by atoms with Crippen molar-refractivity contribution in [3.05, 3.63) is 54.4 Å². The van der Waals surface area contributed by atoms with Crippen LogP contribution in [0.25, 0.3) is 0 Å². The summed E-state index contributed by atoms with van der Waals surface area (Å²) in [6.07, 6.45) is 3.11. The average Bonchev–Trinajstić information content (AvgIpc) is 2.54. The van der Waals surface area contributed by atoms with E-state index in [0.717, 1.165) is 0 Å². The molecule has 6 nitrogen and oxygen atoms in total. The van der Waals surface area contributed by atoms with E-state index >= 15 is 0 Å². The minimum Gasteiger partial charge on any atom is -0.493 e. The maximum atomic E-state index is 11.6. The number of carbonyl (C=O) groups excluding carboxylic acids is 1. The van der Waals surface area contributed by atoms with Crippen molar-refractivity contribution in [2.45, 2.75) is 0 Å². The minimum absolute atomic E-state index is 0.153. The van der Waals surface area contributed by atoms with Crippen LogP contribution in [-0.4, -0.2) is 30.8 Å². The van der Waals surface area contributed by atoms with E-state index in [2.05, 4.69) is 15.5 Å². The SMILES string of the molecule is COc1ccccc1OCC(=O)N/N=C\c1ccccn1. The van der Waals surface area contributed by atoms with Gasteiger partial charge in [0, 0.05) is 6.20 Å². The average molecular weight is 285 g/mol. The smallest absolute Gasteiger partial charge is 0.277 e. The van der Waals surface area contributed by atoms with Crippen LogP contribution in [0.15, 0.2) is 53.8 Å². The van der Waals surface area contributed by atoms with E-state index < -0.39 is 0 Å². The molecule has 108 valence electrons. The van der Waals surface area contributed by atoms with Gasteiger partial charge in [-0.2, -0.15) is 5.10 Å². The number of nitrogens with one attached hydrogen (secondary N) is 1. The molecular weight excluding hydrogens is 270 g/mol. The van der Waals surface area contributed by atoms with Crippen molar-refractivity contribution in [3.8, 4) is 11.5 Å². The molecule has 0 unspecified atom stereocenters. The highest BCUT2D eigenvalue weighted by molar-refractivity contribution is 5.81. The molecule has 0 spiro atoms. The van der Waals surface area contributed by atoms with Crippen LogP contribution in [0, 0.1) is 0 Å². The zero-order valence-corrected chi connectivity index (χ0v) is 11.5. The Morgan fingerprint density at radius 1 is 1.24 bits per heavy atom. The largest absolute Gasteiger partial charge is 0.493 e. The summed E-state index contributed by atoms with van der Waals surface area (Å²) in [5.74, 6) is 0.708. The summed E-state index contributed by atoms with van der Waals surface area (Å²) in [5, 5.41) is 3.80. The van der Waals surface area contributed by atoms with E-state index in [9.17, 15) is 4.79 Å². The molecule has 0 saturated heterocycles. The van der Waals surface area contributed by atoms with Gasteiger partial charge in [-0.1, -0.05) is 18.2 Å². The Kier molecular flexibility index (Phi) is 5.28. The van der Waals surface area contributed by atoms with Crippen molar-refractivity contribution < 1.29 is 14.3 Å². The fraction of sp³-hybridized carbons (Fsp3) is 0.133. The predicted octanol–water partition coefficient (Wildman–Crippen LogP) is 1.62. The van der Waals surface area contributed by atoms with Gasteiger partial charge < -0.3 is 9.47 Å². The molecule has 0 fully saturated rings. The van der Waals surface area contributed by atoms with Gasteiger partial charge in [0.2, 0.25) is 0 Å². The number of amides is 1. The molecule has 21 heavy (non-hydrogen) atoms. The molecule has 1 aromatic carbocycles. The van der Waals surface area contributed by atoms with Crippen LogP contribution < -0.4 is 14.9 Å². The molecule has 0 atom stereocenters. The lowest BCUT2D eigenvalue weighted by Crippen LogP contribution is -2.24. The van der Waals surface area contributed by atoms with Gasteiger partial charge in [-0.25, -0.2) is 5.43 Å². The van der Waals surface area contributed by atoms with Crippen LogP contribution in [0.1, 0.15) is 5.69 Å². The Labute approximate surface area is 122 Å². The minimum atomic E-state index is -0.368. The normalized spacial score (nSPS) is 10.3. The van der Waals surface area contributed by atoms with Crippen LogP contribution >= 0.6 is 0 Å². The van der Waals surface area contributed by atoms with Crippen molar-refractivity contribution >= 4 is 12.1 Å². The first-order chi connectivity index (χ1) is 10.3. The van der Waals surface area contributed by atoms with Gasteiger partial charge in [-0.05, 0) is 24.3 Å². The summed E-state index contributed by atoms with van der Waals surface area (Å²) in [5.41, 5.74) is 3.02. The van der Waals surface area contributed by atoms with E-state index in [1.54, 1.807) is 43.6 Å². The Hall–Kier alpha value is -2.89. The summed E-state index contributed by atoms with van der Waals surface area (Å²) in [6.45, 7) is -0.153. The number of para-hydroxylation sites is 2. The van der Waals surface area contributed by atoms with Crippen LogP contribution in [0.3, 0.4) is 0 Å². The number of rotatable bonds is 6. The van der Waals surface area contributed by atoms with Gasteiger partial charge in [0.05, 0.1) is 19.0 Å². The molecular formula is C15H15N3O3. The summed E-state index contributed by atoms with van der Waals surface area (Å²) in [6, 6.07) is 12.5. The second kappa shape index (κ2) is 7.64. The van der Waals surface area contributed by atoms with E-state index in [1.807, 2.05) is 12.1 Å². The lowest BCUT2D eigenvalue weighted by molar-refractivity contribution is -0.123. The predicted molar refractivity (Wildman–Crippen MR) is 78.5 cm³/mol. The van der Waals surface area contributed by atoms with Gasteiger partial charge in [-0.3, -0.25) is 9.78 Å². The number of methoxy groups -OCH3 is 1. The number of hydrogen-bond donors (Lipinski definition) is 1. The Bertz CT molecular complexity index is 615. The van der Waals surface area contributed by atoms with Crippen molar-refractivity contribution in [2.75, 3.05) is 13.7 Å². The molecule has 0 aliphatic carbocycles. The third-order valence-corrected chi connectivity index (χ3v) is 2.50. The molecule has 1 heterocycles. The van der Waals surface area contributed by atoms with E-state index in [0.29, 0.717) is 17.2 Å². The van der Waals surface area contributed by atoms with Gasteiger partial charge >= 0.3 is 0 Å². The molecule has 6 heteroatoms. The number of hydrogen-bond acceptors (Lipinski definition) is 5. The molecule has 0 aliphatic heterocycles. The Balaban J connectivity index is 1.81. The van der Waals surface area contributed by atoms with Gasteiger partial charge in [0.1, 0.15) is 0 Å². The molecule has 1 amide bonds. The highest BCUT2D eigenvalue weighted by atomic mass is 16.5. The number of aromatic nitrogens is 1. The summed E-state index contributed by atoms with van der Waals surface area (Å²) in [4.78, 5) is 15.6. The van der Waals surface area contributed by atoms with Gasteiger partial charge in [0.15, 0.2) is 18.1 Å². The lowest BCUT2D eigenvalue weighted by Gasteiger charge is -2.09. The lowest BCUT2D eigenvalue weighted by atomic mass is 10.3. The molecule has 2 rings (SSSR count). The number of pyridine rings is 1. The van der Waals surface area contributed by atoms with Gasteiger partial charge in [0.25, 0.3) is 5.91 Å². The standard InChI is InChI=1S/C15H15N3O3/c1-20-13-7-2-3-8-14(13)21-11-15(19)18-17-10-12-6-4-5-9-16-12/h2-10H,11H2,1H3,(H,18,19)/b17-10-. The van der Waals surface area contributed by atoms with Crippen molar-refractivity contribution in [1.82, 2.24) is 10.4 Å². The topological polar surface area (TPSA) is 72.8 Å². The van der Waals surface area contributed by atoms with Crippen molar-refractivity contribution in [3.63, 3.8) is 0 Å². The van der Waals surface area contributed by atoms with Gasteiger partial charge in [-0.15, -0.1) is 0 Å². The van der Waals surface area contributed by atoms with E-state index in [4.69, 9.17) is 9.47 Å². The Morgan fingerprint density at radius 2 is 2.00 bits per heavy atom. The summed E-state index contributed by atoms with van der Waals surface area (Å²) in [7, 11) is 1.54. The van der Waals surface area contributed by atoms with Crippen molar-refractivity contribution in [1.29, 1.82) is 0 Å². The van der Waals surface area contributed by atoms with Crippen molar-refractivity contribution in [2.24, 2.45) is 5.10 Å². The second-order valence-electron chi connectivity index (χ2n) is 3.99. The fourth-order valence-corrected chi connectivity index (χ4v) is 1.54. The first-order valence-electron chi connectivity index (χ1n) is 6.28. The van der Waals surface area contributed by atoms with E-state index in [1.165, 1.54) is 6.21 Å².